The average molecular weight is 218 g/mol. The molecular formula is C12H14N2O2. The quantitative estimate of drug-likeness (QED) is 0.857. The molecule has 4 nitrogen and oxygen atoms in total. The maximum absolute atomic E-state index is 5.45. The van der Waals surface area contributed by atoms with Crippen molar-refractivity contribution in [1.29, 1.82) is 0 Å². The molecule has 84 valence electrons. The first-order chi connectivity index (χ1) is 7.85. The normalized spacial score (nSPS) is 10.1. The minimum Gasteiger partial charge on any atom is -0.493 e. The van der Waals surface area contributed by atoms with E-state index in [-0.39, 0.29) is 0 Å². The predicted octanol–water partition coefficient (Wildman–Crippen LogP) is 2.48. The van der Waals surface area contributed by atoms with E-state index in [0.717, 1.165) is 22.8 Å². The van der Waals surface area contributed by atoms with Crippen LogP contribution in [0, 0.1) is 0 Å². The lowest BCUT2D eigenvalue weighted by molar-refractivity contribution is 0.311. The van der Waals surface area contributed by atoms with Crippen molar-refractivity contribution in [3.63, 3.8) is 0 Å². The number of nitrogens with zero attached hydrogens (tertiary/aromatic N) is 1. The third-order valence-electron chi connectivity index (χ3n) is 2.27. The molecule has 2 aromatic rings. The van der Waals surface area contributed by atoms with E-state index in [0.29, 0.717) is 6.61 Å². The summed E-state index contributed by atoms with van der Waals surface area (Å²) in [6.45, 7) is 2.57. The Morgan fingerprint density at radius 1 is 1.31 bits per heavy atom. The van der Waals surface area contributed by atoms with Gasteiger partial charge in [-0.3, -0.25) is 0 Å². The fourth-order valence-corrected chi connectivity index (χ4v) is 1.52. The van der Waals surface area contributed by atoms with E-state index >= 15 is 0 Å². The molecule has 0 aliphatic rings. The van der Waals surface area contributed by atoms with Crippen molar-refractivity contribution in [3.8, 4) is 22.8 Å². The summed E-state index contributed by atoms with van der Waals surface area (Å²) < 4.78 is 10.7. The number of imidazole rings is 1. The van der Waals surface area contributed by atoms with Crippen LogP contribution in [0.3, 0.4) is 0 Å². The van der Waals surface area contributed by atoms with Crippen molar-refractivity contribution in [2.24, 2.45) is 0 Å². The maximum atomic E-state index is 5.45. The highest BCUT2D eigenvalue weighted by Gasteiger charge is 2.06. The molecule has 0 radical (unpaired) electrons. The highest BCUT2D eigenvalue weighted by atomic mass is 16.5. The number of H-pyrrole nitrogens is 1. The minimum absolute atomic E-state index is 0.625. The number of hydrogen-bond acceptors (Lipinski definition) is 3. The van der Waals surface area contributed by atoms with E-state index in [2.05, 4.69) is 9.97 Å². The molecule has 1 aromatic carbocycles. The van der Waals surface area contributed by atoms with Crippen LogP contribution in [0.15, 0.2) is 30.7 Å². The van der Waals surface area contributed by atoms with Crippen molar-refractivity contribution < 1.29 is 9.47 Å². The minimum atomic E-state index is 0.625. The fraction of sp³-hybridized carbons (Fsp3) is 0.250. The predicted molar refractivity (Wildman–Crippen MR) is 61.7 cm³/mol. The topological polar surface area (TPSA) is 47.1 Å². The first-order valence-electron chi connectivity index (χ1n) is 5.14. The van der Waals surface area contributed by atoms with Crippen molar-refractivity contribution >= 4 is 0 Å². The van der Waals surface area contributed by atoms with E-state index in [1.165, 1.54) is 0 Å². The second-order valence-corrected chi connectivity index (χ2v) is 3.26. The molecular weight excluding hydrogens is 204 g/mol. The summed E-state index contributed by atoms with van der Waals surface area (Å²) in [5.41, 5.74) is 1.99. The molecule has 0 bridgehead atoms. The molecule has 1 heterocycles. The van der Waals surface area contributed by atoms with E-state index in [4.69, 9.17) is 9.47 Å². The van der Waals surface area contributed by atoms with Crippen LogP contribution >= 0.6 is 0 Å². The molecule has 1 N–H and O–H groups in total. The molecule has 0 saturated heterocycles. The summed E-state index contributed by atoms with van der Waals surface area (Å²) in [6, 6.07) is 5.80. The van der Waals surface area contributed by atoms with Crippen molar-refractivity contribution in [2.75, 3.05) is 13.7 Å². The lowest BCUT2D eigenvalue weighted by atomic mass is 10.1. The number of nitrogens with one attached hydrogen (secondary N) is 1. The standard InChI is InChI=1S/C12H14N2O2/c1-3-16-11-5-4-9(6-12(11)15-2)10-7-13-8-14-10/h4-8H,3H2,1-2H3,(H,13,14). The van der Waals surface area contributed by atoms with Crippen LogP contribution in [0.25, 0.3) is 11.3 Å². The van der Waals surface area contributed by atoms with Gasteiger partial charge < -0.3 is 14.5 Å². The lowest BCUT2D eigenvalue weighted by Crippen LogP contribution is -1.95. The Labute approximate surface area is 94.2 Å². The second kappa shape index (κ2) is 4.70. The van der Waals surface area contributed by atoms with Gasteiger partial charge in [0.15, 0.2) is 11.5 Å². The van der Waals surface area contributed by atoms with Crippen LogP contribution in [0.2, 0.25) is 0 Å². The average Bonchev–Trinajstić information content (AvgIpc) is 2.83. The van der Waals surface area contributed by atoms with Crippen LogP contribution in [0.5, 0.6) is 11.5 Å². The van der Waals surface area contributed by atoms with Gasteiger partial charge in [0.1, 0.15) is 0 Å². The molecule has 2 rings (SSSR count). The molecule has 0 amide bonds. The molecule has 0 aliphatic heterocycles. The maximum Gasteiger partial charge on any atom is 0.161 e. The Bertz CT molecular complexity index is 452. The number of hydrogen-bond donors (Lipinski definition) is 1. The van der Waals surface area contributed by atoms with Gasteiger partial charge >= 0.3 is 0 Å². The third kappa shape index (κ3) is 2.00. The van der Waals surface area contributed by atoms with Crippen LogP contribution in [-0.4, -0.2) is 23.7 Å². The number of aromatic amines is 1. The van der Waals surface area contributed by atoms with Crippen LogP contribution in [-0.2, 0) is 0 Å². The molecule has 16 heavy (non-hydrogen) atoms. The smallest absolute Gasteiger partial charge is 0.161 e. The number of aromatic nitrogens is 2. The number of benzene rings is 1. The summed E-state index contributed by atoms with van der Waals surface area (Å²) in [4.78, 5) is 7.03. The number of methoxy groups -OCH3 is 1. The molecule has 0 aliphatic carbocycles. The first kappa shape index (κ1) is 10.5. The number of ether oxygens (including phenoxy) is 2. The molecule has 0 fully saturated rings. The Balaban J connectivity index is 2.36. The summed E-state index contributed by atoms with van der Waals surface area (Å²) in [7, 11) is 1.63. The van der Waals surface area contributed by atoms with Gasteiger partial charge in [0.2, 0.25) is 0 Å². The van der Waals surface area contributed by atoms with Gasteiger partial charge in [-0.1, -0.05) is 0 Å². The second-order valence-electron chi connectivity index (χ2n) is 3.26. The largest absolute Gasteiger partial charge is 0.493 e. The van der Waals surface area contributed by atoms with E-state index in [1.54, 1.807) is 19.6 Å². The third-order valence-corrected chi connectivity index (χ3v) is 2.27. The van der Waals surface area contributed by atoms with E-state index in [1.807, 2.05) is 25.1 Å². The summed E-state index contributed by atoms with van der Waals surface area (Å²) in [5, 5.41) is 0. The molecule has 0 saturated carbocycles. The van der Waals surface area contributed by atoms with Crippen LogP contribution in [0.4, 0.5) is 0 Å². The zero-order valence-electron chi connectivity index (χ0n) is 9.36. The monoisotopic (exact) mass is 218 g/mol. The zero-order chi connectivity index (χ0) is 11.4. The van der Waals surface area contributed by atoms with Gasteiger partial charge in [-0.2, -0.15) is 0 Å². The Hall–Kier alpha value is -1.97. The van der Waals surface area contributed by atoms with Crippen molar-refractivity contribution in [3.05, 3.63) is 30.7 Å². The number of rotatable bonds is 4. The first-order valence-corrected chi connectivity index (χ1v) is 5.14. The van der Waals surface area contributed by atoms with Gasteiger partial charge in [-0.15, -0.1) is 0 Å². The van der Waals surface area contributed by atoms with Crippen LogP contribution in [0.1, 0.15) is 6.92 Å². The molecule has 0 atom stereocenters. The summed E-state index contributed by atoms with van der Waals surface area (Å²) in [6.07, 6.45) is 3.42. The Morgan fingerprint density at radius 3 is 2.81 bits per heavy atom. The molecule has 1 aromatic heterocycles. The van der Waals surface area contributed by atoms with Crippen molar-refractivity contribution in [1.82, 2.24) is 9.97 Å². The zero-order valence-corrected chi connectivity index (χ0v) is 9.36. The van der Waals surface area contributed by atoms with Gasteiger partial charge in [-0.05, 0) is 25.1 Å². The highest BCUT2D eigenvalue weighted by Crippen LogP contribution is 2.31. The van der Waals surface area contributed by atoms with Gasteiger partial charge in [-0.25, -0.2) is 4.98 Å². The highest BCUT2D eigenvalue weighted by molar-refractivity contribution is 5.63. The van der Waals surface area contributed by atoms with Gasteiger partial charge in [0.25, 0.3) is 0 Å². The van der Waals surface area contributed by atoms with Crippen molar-refractivity contribution in [2.45, 2.75) is 6.92 Å². The van der Waals surface area contributed by atoms with Gasteiger partial charge in [0.05, 0.1) is 31.9 Å². The summed E-state index contributed by atoms with van der Waals surface area (Å²) in [5.74, 6) is 1.49. The molecule has 4 heteroatoms. The molecule has 0 spiro atoms. The van der Waals surface area contributed by atoms with Gasteiger partial charge in [0, 0.05) is 5.56 Å². The Morgan fingerprint density at radius 2 is 2.19 bits per heavy atom. The molecule has 0 unspecified atom stereocenters. The van der Waals surface area contributed by atoms with Crippen LogP contribution < -0.4 is 9.47 Å². The van der Waals surface area contributed by atoms with E-state index < -0.39 is 0 Å². The fourth-order valence-electron chi connectivity index (χ4n) is 1.52. The lowest BCUT2D eigenvalue weighted by Gasteiger charge is -2.10. The Kier molecular flexibility index (Phi) is 3.10. The summed E-state index contributed by atoms with van der Waals surface area (Å²) >= 11 is 0. The van der Waals surface area contributed by atoms with E-state index in [9.17, 15) is 0 Å². The SMILES string of the molecule is CCOc1ccc(-c2cnc[nH]2)cc1OC.